The van der Waals surface area contributed by atoms with E-state index in [0.717, 1.165) is 11.8 Å². The number of rotatable bonds is 1. The van der Waals surface area contributed by atoms with Gasteiger partial charge in [0.05, 0.1) is 0 Å². The van der Waals surface area contributed by atoms with E-state index >= 15 is 0 Å². The van der Waals surface area contributed by atoms with Crippen molar-refractivity contribution in [2.75, 3.05) is 5.73 Å². The van der Waals surface area contributed by atoms with Gasteiger partial charge in [-0.25, -0.2) is 8.78 Å². The first-order valence-corrected chi connectivity index (χ1v) is 4.76. The monoisotopic (exact) mass is 220 g/mol. The quantitative estimate of drug-likeness (QED) is 0.750. The molecule has 0 aliphatic rings. The molecule has 0 amide bonds. The average molecular weight is 220 g/mol. The maximum atomic E-state index is 13.7. The average Bonchev–Trinajstić information content (AvgIpc) is 2.26. The molecule has 1 heterocycles. The van der Waals surface area contributed by atoms with E-state index in [4.69, 9.17) is 5.73 Å². The Balaban J connectivity index is 2.61. The van der Waals surface area contributed by atoms with Gasteiger partial charge in [-0.1, -0.05) is 0 Å². The van der Waals surface area contributed by atoms with Crippen molar-refractivity contribution in [3.8, 4) is 11.1 Å². The van der Waals surface area contributed by atoms with E-state index in [9.17, 15) is 8.78 Å². The number of nitrogen functional groups attached to an aromatic ring is 1. The van der Waals surface area contributed by atoms with Gasteiger partial charge in [-0.3, -0.25) is 4.98 Å². The third kappa shape index (κ3) is 1.74. The third-order valence-electron chi connectivity index (χ3n) is 2.33. The molecule has 0 radical (unpaired) electrons. The van der Waals surface area contributed by atoms with E-state index in [1.165, 1.54) is 6.07 Å². The Morgan fingerprint density at radius 2 is 1.94 bits per heavy atom. The molecule has 2 nitrogen and oxygen atoms in total. The molecule has 82 valence electrons. The fourth-order valence-corrected chi connectivity index (χ4v) is 1.51. The molecule has 0 aliphatic heterocycles. The second-order valence-electron chi connectivity index (χ2n) is 3.51. The van der Waals surface area contributed by atoms with Crippen LogP contribution < -0.4 is 5.73 Å². The normalized spacial score (nSPS) is 10.4. The number of hydrogen-bond donors (Lipinski definition) is 1. The van der Waals surface area contributed by atoms with Gasteiger partial charge in [-0.2, -0.15) is 0 Å². The summed E-state index contributed by atoms with van der Waals surface area (Å²) in [7, 11) is 0. The minimum atomic E-state index is -0.743. The Morgan fingerprint density at radius 1 is 1.19 bits per heavy atom. The highest BCUT2D eigenvalue weighted by molar-refractivity contribution is 5.68. The zero-order valence-corrected chi connectivity index (χ0v) is 8.67. The summed E-state index contributed by atoms with van der Waals surface area (Å²) in [6, 6.07) is 5.90. The van der Waals surface area contributed by atoms with Gasteiger partial charge in [0.25, 0.3) is 0 Å². The molecule has 0 bridgehead atoms. The van der Waals surface area contributed by atoms with Crippen LogP contribution in [0, 0.1) is 18.6 Å². The summed E-state index contributed by atoms with van der Waals surface area (Å²) in [6.07, 6.45) is 1.57. The zero-order valence-electron chi connectivity index (χ0n) is 8.67. The lowest BCUT2D eigenvalue weighted by Gasteiger charge is -2.06. The predicted octanol–water partition coefficient (Wildman–Crippen LogP) is 2.92. The lowest BCUT2D eigenvalue weighted by Crippen LogP contribution is -1.97. The smallest absolute Gasteiger partial charge is 0.156 e. The highest BCUT2D eigenvalue weighted by atomic mass is 19.1. The Hall–Kier alpha value is -1.97. The van der Waals surface area contributed by atoms with Crippen molar-refractivity contribution >= 4 is 5.69 Å². The van der Waals surface area contributed by atoms with Crippen LogP contribution in [0.2, 0.25) is 0 Å². The second-order valence-corrected chi connectivity index (χ2v) is 3.51. The van der Waals surface area contributed by atoms with Crippen molar-refractivity contribution in [1.29, 1.82) is 0 Å². The summed E-state index contributed by atoms with van der Waals surface area (Å²) < 4.78 is 26.7. The fourth-order valence-electron chi connectivity index (χ4n) is 1.51. The van der Waals surface area contributed by atoms with Gasteiger partial charge >= 0.3 is 0 Å². The van der Waals surface area contributed by atoms with Crippen molar-refractivity contribution < 1.29 is 8.78 Å². The maximum absolute atomic E-state index is 13.7. The number of anilines is 1. The molecule has 16 heavy (non-hydrogen) atoms. The molecule has 1 aromatic heterocycles. The fraction of sp³-hybridized carbons (Fsp3) is 0.0833. The molecule has 1 aromatic carbocycles. The van der Waals surface area contributed by atoms with Crippen molar-refractivity contribution in [2.24, 2.45) is 0 Å². The van der Waals surface area contributed by atoms with Gasteiger partial charge in [0.2, 0.25) is 0 Å². The highest BCUT2D eigenvalue weighted by Crippen LogP contribution is 2.27. The number of halogens is 2. The van der Waals surface area contributed by atoms with E-state index in [1.54, 1.807) is 25.3 Å². The van der Waals surface area contributed by atoms with Crippen LogP contribution in [0.15, 0.2) is 30.5 Å². The number of hydrogen-bond acceptors (Lipinski definition) is 2. The molecule has 4 heteroatoms. The molecular weight excluding hydrogens is 210 g/mol. The Morgan fingerprint density at radius 3 is 2.62 bits per heavy atom. The van der Waals surface area contributed by atoms with E-state index in [2.05, 4.69) is 4.98 Å². The van der Waals surface area contributed by atoms with Crippen molar-refractivity contribution in [3.05, 3.63) is 47.8 Å². The molecule has 0 saturated carbocycles. The van der Waals surface area contributed by atoms with Gasteiger partial charge in [-0.15, -0.1) is 0 Å². The third-order valence-corrected chi connectivity index (χ3v) is 2.33. The number of pyridine rings is 1. The van der Waals surface area contributed by atoms with Crippen LogP contribution in [0.25, 0.3) is 11.1 Å². The van der Waals surface area contributed by atoms with Crippen LogP contribution in [-0.2, 0) is 0 Å². The molecular formula is C12H10F2N2. The summed E-state index contributed by atoms with van der Waals surface area (Å²) in [5.41, 5.74) is 6.52. The van der Waals surface area contributed by atoms with Crippen LogP contribution in [-0.4, -0.2) is 4.98 Å². The van der Waals surface area contributed by atoms with E-state index in [-0.39, 0.29) is 5.56 Å². The molecule has 0 atom stereocenters. The number of aromatic nitrogens is 1. The first-order valence-electron chi connectivity index (χ1n) is 4.76. The van der Waals surface area contributed by atoms with Crippen molar-refractivity contribution in [2.45, 2.75) is 6.92 Å². The topological polar surface area (TPSA) is 38.9 Å². The SMILES string of the molecule is Cc1cc(-c2ccc(F)c(N)c2F)ccn1. The van der Waals surface area contributed by atoms with Crippen LogP contribution >= 0.6 is 0 Å². The number of benzene rings is 1. The predicted molar refractivity (Wildman–Crippen MR) is 58.7 cm³/mol. The molecule has 0 fully saturated rings. The lowest BCUT2D eigenvalue weighted by molar-refractivity contribution is 0.594. The standard InChI is InChI=1S/C12H10F2N2/c1-7-6-8(4-5-16-7)9-2-3-10(13)12(15)11(9)14/h2-6H,15H2,1H3. The number of nitrogens with zero attached hydrogens (tertiary/aromatic N) is 1. The first kappa shape index (κ1) is 10.5. The van der Waals surface area contributed by atoms with E-state index < -0.39 is 17.3 Å². The summed E-state index contributed by atoms with van der Waals surface area (Å²) in [4.78, 5) is 4.01. The molecule has 2 N–H and O–H groups in total. The van der Waals surface area contributed by atoms with Gasteiger partial charge in [-0.05, 0) is 36.8 Å². The van der Waals surface area contributed by atoms with Gasteiger partial charge in [0.1, 0.15) is 11.5 Å². The van der Waals surface area contributed by atoms with Crippen molar-refractivity contribution in [3.63, 3.8) is 0 Å². The second kappa shape index (κ2) is 3.89. The highest BCUT2D eigenvalue weighted by Gasteiger charge is 2.12. The molecule has 0 spiro atoms. The van der Waals surface area contributed by atoms with E-state index in [1.807, 2.05) is 0 Å². The van der Waals surface area contributed by atoms with E-state index in [0.29, 0.717) is 5.56 Å². The Kier molecular flexibility index (Phi) is 2.56. The first-order chi connectivity index (χ1) is 7.59. The lowest BCUT2D eigenvalue weighted by atomic mass is 10.0. The summed E-state index contributed by atoms with van der Waals surface area (Å²) in [6.45, 7) is 1.80. The van der Waals surface area contributed by atoms with Gasteiger partial charge < -0.3 is 5.73 Å². The Labute approximate surface area is 91.7 Å². The van der Waals surface area contributed by atoms with Crippen LogP contribution in [0.1, 0.15) is 5.69 Å². The van der Waals surface area contributed by atoms with Crippen LogP contribution in [0.5, 0.6) is 0 Å². The van der Waals surface area contributed by atoms with Crippen LogP contribution in [0.3, 0.4) is 0 Å². The van der Waals surface area contributed by atoms with Crippen molar-refractivity contribution in [1.82, 2.24) is 4.98 Å². The molecule has 0 aliphatic carbocycles. The summed E-state index contributed by atoms with van der Waals surface area (Å²) in [5.74, 6) is -1.47. The summed E-state index contributed by atoms with van der Waals surface area (Å²) in [5, 5.41) is 0. The largest absolute Gasteiger partial charge is 0.394 e. The maximum Gasteiger partial charge on any atom is 0.156 e. The summed E-state index contributed by atoms with van der Waals surface area (Å²) >= 11 is 0. The zero-order chi connectivity index (χ0) is 11.7. The molecule has 0 saturated heterocycles. The molecule has 0 unspecified atom stereocenters. The molecule has 2 aromatic rings. The minimum Gasteiger partial charge on any atom is -0.394 e. The number of nitrogens with two attached hydrogens (primary N) is 1. The number of aryl methyl sites for hydroxylation is 1. The van der Waals surface area contributed by atoms with Crippen LogP contribution in [0.4, 0.5) is 14.5 Å². The van der Waals surface area contributed by atoms with Gasteiger partial charge in [0, 0.05) is 17.5 Å². The Bertz CT molecular complexity index is 539. The van der Waals surface area contributed by atoms with Gasteiger partial charge in [0.15, 0.2) is 5.82 Å². The minimum absolute atomic E-state index is 0.282. The molecule has 2 rings (SSSR count).